The van der Waals surface area contributed by atoms with Crippen molar-refractivity contribution in [3.05, 3.63) is 0 Å². The van der Waals surface area contributed by atoms with Crippen molar-refractivity contribution in [3.8, 4) is 0 Å². The Kier molecular flexibility index (Phi) is 3.97. The molecule has 0 saturated heterocycles. The minimum Gasteiger partial charge on any atom is -0.455 e. The van der Waals surface area contributed by atoms with Gasteiger partial charge >= 0.3 is 5.97 Å². The third kappa shape index (κ3) is 2.61. The van der Waals surface area contributed by atoms with Crippen LogP contribution in [0, 0.1) is 34.5 Å². The van der Waals surface area contributed by atoms with E-state index in [0.29, 0.717) is 17.8 Å². The van der Waals surface area contributed by atoms with Crippen LogP contribution >= 0.6 is 0 Å². The van der Waals surface area contributed by atoms with Gasteiger partial charge in [-0.25, -0.2) is 5.43 Å². The second kappa shape index (κ2) is 5.82. The van der Waals surface area contributed by atoms with Crippen LogP contribution in [-0.2, 0) is 14.3 Å². The van der Waals surface area contributed by atoms with Crippen molar-refractivity contribution >= 4 is 17.6 Å². The monoisotopic (exact) mass is 346 g/mol. The zero-order valence-corrected chi connectivity index (χ0v) is 15.6. The number of esters is 1. The van der Waals surface area contributed by atoms with Crippen LogP contribution in [0.5, 0.6) is 0 Å². The third-order valence-corrected chi connectivity index (χ3v) is 8.21. The summed E-state index contributed by atoms with van der Waals surface area (Å²) in [6.45, 7) is 6.67. The van der Waals surface area contributed by atoms with E-state index in [9.17, 15) is 9.59 Å². The standard InChI is InChI=1S/C20H30N2O3/c1-19(2)14-6-7-20(19,3)16(10-14)21-22-17(23)11-25-18(24)15-9-12-4-5-13(15)8-12/h12-15H,4-11H2,1-3H3,(H,22,23)/b21-16+. The molecule has 4 aliphatic rings. The van der Waals surface area contributed by atoms with Gasteiger partial charge < -0.3 is 4.74 Å². The molecule has 4 bridgehead atoms. The molecule has 4 rings (SSSR count). The number of hydrogen-bond donors (Lipinski definition) is 1. The van der Waals surface area contributed by atoms with Gasteiger partial charge in [0, 0.05) is 11.1 Å². The molecule has 4 aliphatic carbocycles. The van der Waals surface area contributed by atoms with Gasteiger partial charge in [-0.3, -0.25) is 9.59 Å². The minimum absolute atomic E-state index is 0.0168. The molecule has 0 spiro atoms. The van der Waals surface area contributed by atoms with Gasteiger partial charge in [0.1, 0.15) is 0 Å². The summed E-state index contributed by atoms with van der Waals surface area (Å²) in [5.41, 5.74) is 4.04. The number of carbonyl (C=O) groups is 2. The zero-order valence-electron chi connectivity index (χ0n) is 15.6. The van der Waals surface area contributed by atoms with Crippen molar-refractivity contribution in [2.24, 2.45) is 39.6 Å². The molecule has 5 nitrogen and oxygen atoms in total. The lowest BCUT2D eigenvalue weighted by atomic mass is 9.70. The number of amides is 1. The van der Waals surface area contributed by atoms with Crippen LogP contribution in [0.3, 0.4) is 0 Å². The second-order valence-corrected chi connectivity index (χ2v) is 9.48. The number of ether oxygens (including phenoxy) is 1. The Balaban J connectivity index is 1.28. The smallest absolute Gasteiger partial charge is 0.309 e. The summed E-state index contributed by atoms with van der Waals surface area (Å²) in [5.74, 6) is 1.34. The molecule has 0 aromatic carbocycles. The number of carbonyl (C=O) groups excluding carboxylic acids is 2. The van der Waals surface area contributed by atoms with Crippen molar-refractivity contribution in [1.29, 1.82) is 0 Å². The van der Waals surface area contributed by atoms with Crippen LogP contribution in [0.2, 0.25) is 0 Å². The maximum atomic E-state index is 12.2. The Bertz CT molecular complexity index is 626. The molecule has 4 saturated carbocycles. The fourth-order valence-corrected chi connectivity index (χ4v) is 6.04. The highest BCUT2D eigenvalue weighted by atomic mass is 16.5. The molecular formula is C20H30N2O3. The SMILES string of the molecule is CC12CCC(C/C1=N\NC(=O)COC(=O)C1CC3CCC1C3)C2(C)C. The van der Waals surface area contributed by atoms with E-state index in [-0.39, 0.29) is 35.2 Å². The normalized spacial score (nSPS) is 42.1. The number of fused-ring (bicyclic) bond motifs is 4. The van der Waals surface area contributed by atoms with Gasteiger partial charge in [-0.15, -0.1) is 0 Å². The van der Waals surface area contributed by atoms with Crippen molar-refractivity contribution in [3.63, 3.8) is 0 Å². The Morgan fingerprint density at radius 1 is 1.20 bits per heavy atom. The first kappa shape index (κ1) is 17.0. The first-order valence-electron chi connectivity index (χ1n) is 9.84. The predicted molar refractivity (Wildman–Crippen MR) is 94.7 cm³/mol. The fraction of sp³-hybridized carbons (Fsp3) is 0.850. The van der Waals surface area contributed by atoms with Gasteiger partial charge in [0.05, 0.1) is 5.92 Å². The lowest BCUT2D eigenvalue weighted by molar-refractivity contribution is -0.154. The Hall–Kier alpha value is -1.39. The van der Waals surface area contributed by atoms with Crippen LogP contribution in [0.15, 0.2) is 5.10 Å². The molecule has 1 N–H and O–H groups in total. The lowest BCUT2D eigenvalue weighted by Crippen LogP contribution is -2.35. The summed E-state index contributed by atoms with van der Waals surface area (Å²) in [4.78, 5) is 24.3. The van der Waals surface area contributed by atoms with Gasteiger partial charge in [-0.1, -0.05) is 27.2 Å². The minimum atomic E-state index is -0.326. The number of rotatable bonds is 4. The van der Waals surface area contributed by atoms with Crippen LogP contribution in [0.1, 0.15) is 65.7 Å². The average molecular weight is 346 g/mol. The molecule has 5 heteroatoms. The summed E-state index contributed by atoms with van der Waals surface area (Å²) in [6, 6.07) is 0. The maximum Gasteiger partial charge on any atom is 0.309 e. The fourth-order valence-electron chi connectivity index (χ4n) is 6.04. The molecule has 5 atom stereocenters. The van der Waals surface area contributed by atoms with Crippen molar-refractivity contribution < 1.29 is 14.3 Å². The molecule has 4 fully saturated rings. The molecular weight excluding hydrogens is 316 g/mol. The number of hydrazone groups is 1. The number of hydrogen-bond acceptors (Lipinski definition) is 4. The number of nitrogens with one attached hydrogen (secondary N) is 1. The summed E-state index contributed by atoms with van der Waals surface area (Å²) >= 11 is 0. The van der Waals surface area contributed by atoms with Gasteiger partial charge in [0.15, 0.2) is 6.61 Å². The van der Waals surface area contributed by atoms with Gasteiger partial charge in [0.2, 0.25) is 0 Å². The van der Waals surface area contributed by atoms with Crippen LogP contribution in [-0.4, -0.2) is 24.2 Å². The molecule has 0 aromatic rings. The molecule has 5 unspecified atom stereocenters. The van der Waals surface area contributed by atoms with E-state index in [1.807, 2.05) is 0 Å². The van der Waals surface area contributed by atoms with Gasteiger partial charge in [-0.2, -0.15) is 5.10 Å². The van der Waals surface area contributed by atoms with E-state index in [1.54, 1.807) is 0 Å². The van der Waals surface area contributed by atoms with Crippen molar-refractivity contribution in [2.75, 3.05) is 6.61 Å². The maximum absolute atomic E-state index is 12.2. The zero-order chi connectivity index (χ0) is 17.8. The quantitative estimate of drug-likeness (QED) is 0.627. The van der Waals surface area contributed by atoms with E-state index < -0.39 is 0 Å². The molecule has 0 heterocycles. The molecule has 1 amide bonds. The number of nitrogens with zero attached hydrogens (tertiary/aromatic N) is 1. The van der Waals surface area contributed by atoms with E-state index >= 15 is 0 Å². The highest BCUT2D eigenvalue weighted by Gasteiger charge is 2.60. The Morgan fingerprint density at radius 3 is 2.56 bits per heavy atom. The highest BCUT2D eigenvalue weighted by molar-refractivity contribution is 5.95. The van der Waals surface area contributed by atoms with E-state index in [1.165, 1.54) is 12.8 Å². The molecule has 0 aromatic heterocycles. The van der Waals surface area contributed by atoms with Gasteiger partial charge in [-0.05, 0) is 61.7 Å². The first-order valence-corrected chi connectivity index (χ1v) is 9.84. The largest absolute Gasteiger partial charge is 0.455 e. The average Bonchev–Trinajstić information content (AvgIpc) is 3.29. The molecule has 0 aliphatic heterocycles. The van der Waals surface area contributed by atoms with E-state index in [0.717, 1.165) is 37.8 Å². The molecule has 0 radical (unpaired) electrons. The van der Waals surface area contributed by atoms with Crippen LogP contribution in [0.25, 0.3) is 0 Å². The molecule has 138 valence electrons. The van der Waals surface area contributed by atoms with Crippen LogP contribution in [0.4, 0.5) is 0 Å². The van der Waals surface area contributed by atoms with Crippen molar-refractivity contribution in [1.82, 2.24) is 5.43 Å². The first-order chi connectivity index (χ1) is 11.8. The summed E-state index contributed by atoms with van der Waals surface area (Å²) in [6.07, 6.45) is 7.85. The Labute approximate surface area is 150 Å². The topological polar surface area (TPSA) is 67.8 Å². The summed E-state index contributed by atoms with van der Waals surface area (Å²) in [7, 11) is 0. The molecule has 25 heavy (non-hydrogen) atoms. The van der Waals surface area contributed by atoms with E-state index in [4.69, 9.17) is 4.74 Å². The Morgan fingerprint density at radius 2 is 2.00 bits per heavy atom. The van der Waals surface area contributed by atoms with E-state index in [2.05, 4.69) is 31.3 Å². The summed E-state index contributed by atoms with van der Waals surface area (Å²) < 4.78 is 5.26. The lowest BCUT2D eigenvalue weighted by Gasteiger charge is -2.34. The van der Waals surface area contributed by atoms with Crippen molar-refractivity contribution in [2.45, 2.75) is 65.7 Å². The predicted octanol–water partition coefficient (Wildman–Crippen LogP) is 3.28. The highest BCUT2D eigenvalue weighted by Crippen LogP contribution is 2.63. The third-order valence-electron chi connectivity index (χ3n) is 8.21. The summed E-state index contributed by atoms with van der Waals surface area (Å²) in [5, 5.41) is 4.41. The van der Waals surface area contributed by atoms with Crippen LogP contribution < -0.4 is 5.43 Å². The second-order valence-electron chi connectivity index (χ2n) is 9.48. The van der Waals surface area contributed by atoms with Gasteiger partial charge in [0.25, 0.3) is 5.91 Å².